The molecule has 1 aromatic rings. The minimum atomic E-state index is -1.14. The van der Waals surface area contributed by atoms with Gasteiger partial charge in [-0.15, -0.1) is 0 Å². The number of Topliss-reactive ketones (excluding diaryl/α,β-unsaturated/α-hetero) is 1. The Kier molecular flexibility index (Phi) is 11.1. The van der Waals surface area contributed by atoms with Crippen molar-refractivity contribution in [1.29, 1.82) is 0 Å². The molecule has 5 rings (SSSR count). The van der Waals surface area contributed by atoms with E-state index < -0.39 is 70.8 Å². The Morgan fingerprint density at radius 3 is 2.50 bits per heavy atom. The van der Waals surface area contributed by atoms with Crippen molar-refractivity contribution >= 4 is 41.3 Å². The number of esters is 1. The molecule has 3 aliphatic heterocycles. The van der Waals surface area contributed by atoms with Gasteiger partial charge < -0.3 is 39.9 Å². The third kappa shape index (κ3) is 8.60. The molecule has 4 aliphatic rings. The predicted molar refractivity (Wildman–Crippen MR) is 178 cm³/mol. The topological polar surface area (TPSA) is 191 Å². The van der Waals surface area contributed by atoms with Crippen molar-refractivity contribution in [2.45, 2.75) is 109 Å². The van der Waals surface area contributed by atoms with E-state index in [-0.39, 0.29) is 38.5 Å². The van der Waals surface area contributed by atoms with Crippen LogP contribution in [0.15, 0.2) is 29.4 Å². The molecule has 3 heterocycles. The summed E-state index contributed by atoms with van der Waals surface area (Å²) in [6, 6.07) is 3.31. The monoisotopic (exact) mass is 697 g/mol. The summed E-state index contributed by atoms with van der Waals surface area (Å²) in [6.45, 7) is 7.84. The lowest BCUT2D eigenvalue weighted by Gasteiger charge is -2.35. The summed E-state index contributed by atoms with van der Waals surface area (Å²) in [5.41, 5.74) is -0.507. The van der Waals surface area contributed by atoms with Crippen molar-refractivity contribution in [3.05, 3.63) is 35.4 Å². The first-order valence-corrected chi connectivity index (χ1v) is 17.2. The number of benzene rings is 1. The predicted octanol–water partition coefficient (Wildman–Crippen LogP) is 2.00. The van der Waals surface area contributed by atoms with Crippen LogP contribution in [0.4, 0.5) is 4.79 Å². The molecular weight excluding hydrogens is 650 g/mol. The van der Waals surface area contributed by atoms with Gasteiger partial charge in [0.05, 0.1) is 44.2 Å². The number of hydrogen-bond donors (Lipinski definition) is 3. The fourth-order valence-electron chi connectivity index (χ4n) is 6.42. The van der Waals surface area contributed by atoms with E-state index in [0.717, 1.165) is 12.8 Å². The molecule has 0 unspecified atom stereocenters. The summed E-state index contributed by atoms with van der Waals surface area (Å²) in [7, 11) is 1.29. The number of nitrogens with zero attached hydrogens (tertiary/aromatic N) is 2. The van der Waals surface area contributed by atoms with Crippen molar-refractivity contribution < 1.29 is 47.8 Å². The van der Waals surface area contributed by atoms with Crippen LogP contribution in [0.1, 0.15) is 88.6 Å². The zero-order valence-electron chi connectivity index (χ0n) is 29.2. The Morgan fingerprint density at radius 1 is 1.10 bits per heavy atom. The van der Waals surface area contributed by atoms with Gasteiger partial charge >= 0.3 is 12.1 Å². The number of hydrogen-bond acceptors (Lipinski definition) is 11. The second-order valence-corrected chi connectivity index (χ2v) is 14.5. The first kappa shape index (κ1) is 36.7. The van der Waals surface area contributed by atoms with Crippen LogP contribution >= 0.6 is 0 Å². The van der Waals surface area contributed by atoms with Gasteiger partial charge in [0.1, 0.15) is 18.2 Å². The average Bonchev–Trinajstić information content (AvgIpc) is 3.43. The quantitative estimate of drug-likeness (QED) is 0.215. The van der Waals surface area contributed by atoms with E-state index in [2.05, 4.69) is 21.1 Å². The minimum absolute atomic E-state index is 0.0102. The van der Waals surface area contributed by atoms with Crippen molar-refractivity contribution in [1.82, 2.24) is 20.9 Å². The highest BCUT2D eigenvalue weighted by Crippen LogP contribution is 2.40. The van der Waals surface area contributed by atoms with Gasteiger partial charge in [-0.25, -0.2) is 9.59 Å². The summed E-state index contributed by atoms with van der Waals surface area (Å²) >= 11 is 0. The van der Waals surface area contributed by atoms with Crippen molar-refractivity contribution in [2.75, 3.05) is 26.9 Å². The number of oxime groups is 1. The van der Waals surface area contributed by atoms with Crippen molar-refractivity contribution in [3.63, 3.8) is 0 Å². The van der Waals surface area contributed by atoms with E-state index in [9.17, 15) is 28.8 Å². The Labute approximate surface area is 291 Å². The molecule has 3 N–H and O–H groups in total. The molecule has 2 saturated heterocycles. The highest BCUT2D eigenvalue weighted by atomic mass is 16.7. The van der Waals surface area contributed by atoms with E-state index in [1.54, 1.807) is 45.0 Å². The lowest BCUT2D eigenvalue weighted by atomic mass is 9.85. The Balaban J connectivity index is 1.40. The van der Waals surface area contributed by atoms with Crippen LogP contribution in [0.5, 0.6) is 0 Å². The molecule has 0 aromatic heterocycles. The number of amides is 4. The van der Waals surface area contributed by atoms with Gasteiger partial charge in [-0.2, -0.15) is 0 Å². The highest BCUT2D eigenvalue weighted by molar-refractivity contribution is 6.38. The van der Waals surface area contributed by atoms with Crippen LogP contribution in [0.3, 0.4) is 0 Å². The van der Waals surface area contributed by atoms with Gasteiger partial charge in [-0.3, -0.25) is 19.2 Å². The SMILES string of the molecule is CCC[C@H](NC(=O)[C@@H]1C[C@]2(CC(c3cccc(C(=O)OC)c3)=NO2)CN1C(=O)[C@@H](NC(=O)O[C@H]1CCOC1)C(C)(C)C)C(=O)C(=O)NC1CC1. The largest absolute Gasteiger partial charge is 0.465 e. The van der Waals surface area contributed by atoms with Gasteiger partial charge in [0.25, 0.3) is 5.91 Å². The molecule has 15 heteroatoms. The summed E-state index contributed by atoms with van der Waals surface area (Å²) in [5, 5.41) is 12.5. The summed E-state index contributed by atoms with van der Waals surface area (Å²) in [4.78, 5) is 87.0. The molecular formula is C35H47N5O10. The summed E-state index contributed by atoms with van der Waals surface area (Å²) < 4.78 is 15.6. The van der Waals surface area contributed by atoms with E-state index in [1.165, 1.54) is 12.0 Å². The molecule has 1 aromatic carbocycles. The number of nitrogens with one attached hydrogen (secondary N) is 3. The zero-order chi connectivity index (χ0) is 36.2. The molecule has 0 radical (unpaired) electrons. The second kappa shape index (κ2) is 15.2. The molecule has 15 nitrogen and oxygen atoms in total. The van der Waals surface area contributed by atoms with Gasteiger partial charge in [0.2, 0.25) is 17.6 Å². The Morgan fingerprint density at radius 2 is 1.86 bits per heavy atom. The molecule has 5 atom stereocenters. The third-order valence-electron chi connectivity index (χ3n) is 9.33. The molecule has 4 amide bonds. The fourth-order valence-corrected chi connectivity index (χ4v) is 6.42. The molecule has 50 heavy (non-hydrogen) atoms. The van der Waals surface area contributed by atoms with Crippen LogP contribution in [0, 0.1) is 5.41 Å². The number of ether oxygens (including phenoxy) is 3. The number of likely N-dealkylation sites (tertiary alicyclic amines) is 1. The maximum atomic E-state index is 14.5. The van der Waals surface area contributed by atoms with Crippen molar-refractivity contribution in [2.24, 2.45) is 10.6 Å². The molecule has 272 valence electrons. The van der Waals surface area contributed by atoms with Crippen LogP contribution in [0.2, 0.25) is 0 Å². The number of rotatable bonds is 12. The summed E-state index contributed by atoms with van der Waals surface area (Å²) in [6.07, 6.45) is 1.85. The number of carbonyl (C=O) groups excluding carboxylic acids is 6. The normalized spacial score (nSPS) is 24.1. The van der Waals surface area contributed by atoms with Gasteiger partial charge in [0.15, 0.2) is 5.60 Å². The Hall–Kier alpha value is -4.53. The third-order valence-corrected chi connectivity index (χ3v) is 9.33. The molecule has 1 saturated carbocycles. The first-order chi connectivity index (χ1) is 23.7. The number of methoxy groups -OCH3 is 1. The van der Waals surface area contributed by atoms with Crippen LogP contribution in [-0.4, -0.2) is 109 Å². The van der Waals surface area contributed by atoms with Crippen LogP contribution in [-0.2, 0) is 38.2 Å². The first-order valence-electron chi connectivity index (χ1n) is 17.2. The zero-order valence-corrected chi connectivity index (χ0v) is 29.2. The average molecular weight is 698 g/mol. The summed E-state index contributed by atoms with van der Waals surface area (Å²) in [5.74, 6) is -3.21. The van der Waals surface area contributed by atoms with Gasteiger partial charge in [0, 0.05) is 30.9 Å². The minimum Gasteiger partial charge on any atom is -0.465 e. The maximum absolute atomic E-state index is 14.5. The standard InChI is InChI=1S/C35H47N5O10/c1-6-8-24(27(41)30(43)36-22-11-12-22)37-29(42)26-17-35(16-25(39-50-35)20-9-7-10-21(15-20)32(45)47-5)19-40(26)31(44)28(34(2,3)4)38-33(46)49-23-13-14-48-18-23/h7,9-10,15,22-24,26,28H,6,8,11-14,16-19H2,1-5H3,(H,36,43)(H,37,42)(H,38,46)/t23-,24-,26-,28+,35+/m0/s1. The number of alkyl carbamates (subject to hydrolysis) is 1. The fraction of sp³-hybridized carbons (Fsp3) is 0.629. The number of carbonyl (C=O) groups is 6. The number of ketones is 1. The van der Waals surface area contributed by atoms with E-state index in [4.69, 9.17) is 19.0 Å². The lowest BCUT2D eigenvalue weighted by molar-refractivity contribution is -0.144. The van der Waals surface area contributed by atoms with E-state index >= 15 is 0 Å². The lowest BCUT2D eigenvalue weighted by Crippen LogP contribution is -2.59. The smallest absolute Gasteiger partial charge is 0.408 e. The van der Waals surface area contributed by atoms with E-state index in [1.807, 2.05) is 6.92 Å². The highest BCUT2D eigenvalue weighted by Gasteiger charge is 2.56. The van der Waals surface area contributed by atoms with Crippen molar-refractivity contribution in [3.8, 4) is 0 Å². The maximum Gasteiger partial charge on any atom is 0.408 e. The molecule has 0 bridgehead atoms. The van der Waals surface area contributed by atoms with Gasteiger partial charge in [-0.1, -0.05) is 51.4 Å². The van der Waals surface area contributed by atoms with Gasteiger partial charge in [-0.05, 0) is 36.8 Å². The molecule has 1 spiro atoms. The Bertz CT molecular complexity index is 1530. The van der Waals surface area contributed by atoms with Crippen LogP contribution in [0.25, 0.3) is 0 Å². The molecule has 3 fully saturated rings. The van der Waals surface area contributed by atoms with E-state index in [0.29, 0.717) is 36.3 Å². The second-order valence-electron chi connectivity index (χ2n) is 14.5. The van der Waals surface area contributed by atoms with Crippen LogP contribution < -0.4 is 16.0 Å². The molecule has 1 aliphatic carbocycles.